The molecule has 0 fully saturated rings. The highest BCUT2D eigenvalue weighted by Gasteiger charge is 2.18. The first-order valence-electron chi connectivity index (χ1n) is 4.91. The third-order valence-electron chi connectivity index (χ3n) is 2.04. The average Bonchev–Trinajstić information content (AvgIpc) is 2.61. The topological polar surface area (TPSA) is 85.2 Å². The number of unbranched alkanes of at least 4 members (excludes halogenated alkanes) is 1. The van der Waals surface area contributed by atoms with Gasteiger partial charge in [0, 0.05) is 6.42 Å². The first-order valence-corrected chi connectivity index (χ1v) is 4.91. The first kappa shape index (κ1) is 11.1. The van der Waals surface area contributed by atoms with Crippen molar-refractivity contribution in [1.29, 1.82) is 0 Å². The Balaban J connectivity index is 2.58. The maximum atomic E-state index is 9.21. The molecular formula is C9H17N3O2. The van der Waals surface area contributed by atoms with Crippen LogP contribution < -0.4 is 5.73 Å². The molecule has 0 saturated heterocycles. The Kier molecular flexibility index (Phi) is 4.03. The summed E-state index contributed by atoms with van der Waals surface area (Å²) in [5.41, 5.74) is 5.63. The number of rotatable bonds is 5. The molecule has 0 saturated carbocycles. The highest BCUT2D eigenvalue weighted by Crippen LogP contribution is 2.12. The van der Waals surface area contributed by atoms with Crippen LogP contribution in [0, 0.1) is 0 Å². The van der Waals surface area contributed by atoms with Crippen molar-refractivity contribution in [3.63, 3.8) is 0 Å². The van der Waals surface area contributed by atoms with Crippen LogP contribution >= 0.6 is 0 Å². The number of aromatic nitrogens is 2. The van der Waals surface area contributed by atoms with Crippen molar-refractivity contribution < 1.29 is 9.63 Å². The summed E-state index contributed by atoms with van der Waals surface area (Å²) in [7, 11) is 0. The molecule has 5 heteroatoms. The molecule has 0 aromatic carbocycles. The summed E-state index contributed by atoms with van der Waals surface area (Å²) in [6.07, 6.45) is 2.25. The Morgan fingerprint density at radius 2 is 2.29 bits per heavy atom. The third kappa shape index (κ3) is 2.78. The first-order chi connectivity index (χ1) is 6.65. The van der Waals surface area contributed by atoms with Crippen LogP contribution in [0.15, 0.2) is 4.52 Å². The van der Waals surface area contributed by atoms with Crippen LogP contribution in [0.5, 0.6) is 0 Å². The third-order valence-corrected chi connectivity index (χ3v) is 2.04. The second kappa shape index (κ2) is 5.07. The van der Waals surface area contributed by atoms with Crippen LogP contribution in [0.1, 0.15) is 44.4 Å². The van der Waals surface area contributed by atoms with Gasteiger partial charge < -0.3 is 15.4 Å². The summed E-state index contributed by atoms with van der Waals surface area (Å²) in [4.78, 5) is 4.11. The Morgan fingerprint density at radius 1 is 1.57 bits per heavy atom. The zero-order chi connectivity index (χ0) is 10.6. The number of aryl methyl sites for hydroxylation is 1. The largest absolute Gasteiger partial charge is 0.391 e. The average molecular weight is 199 g/mol. The monoisotopic (exact) mass is 199 g/mol. The van der Waals surface area contributed by atoms with E-state index in [1.54, 1.807) is 6.92 Å². The lowest BCUT2D eigenvalue weighted by atomic mass is 10.2. The van der Waals surface area contributed by atoms with Crippen molar-refractivity contribution >= 4 is 0 Å². The van der Waals surface area contributed by atoms with E-state index in [9.17, 15) is 5.11 Å². The fourth-order valence-electron chi connectivity index (χ4n) is 1.05. The van der Waals surface area contributed by atoms with Gasteiger partial charge in [0.1, 0.15) is 6.04 Å². The summed E-state index contributed by atoms with van der Waals surface area (Å²) in [5.74, 6) is 0.976. The van der Waals surface area contributed by atoms with Crippen LogP contribution in [0.2, 0.25) is 0 Å². The van der Waals surface area contributed by atoms with E-state index in [1.165, 1.54) is 0 Å². The summed E-state index contributed by atoms with van der Waals surface area (Å²) < 4.78 is 4.94. The van der Waals surface area contributed by atoms with E-state index < -0.39 is 12.1 Å². The van der Waals surface area contributed by atoms with Gasteiger partial charge in [-0.15, -0.1) is 0 Å². The van der Waals surface area contributed by atoms with Crippen LogP contribution in [-0.2, 0) is 6.42 Å². The molecular weight excluding hydrogens is 182 g/mol. The Bertz CT molecular complexity index is 273. The summed E-state index contributed by atoms with van der Waals surface area (Å²) in [5, 5.41) is 13.0. The molecule has 80 valence electrons. The van der Waals surface area contributed by atoms with Gasteiger partial charge in [-0.2, -0.15) is 4.98 Å². The number of nitrogens with zero attached hydrogens (tertiary/aromatic N) is 2. The SMILES string of the molecule is CCCCc1noc([C@@H](N)[C@@H](C)O)n1. The normalized spacial score (nSPS) is 15.4. The molecule has 1 aromatic rings. The fraction of sp³-hybridized carbons (Fsp3) is 0.778. The Hall–Kier alpha value is -0.940. The molecule has 0 aliphatic rings. The predicted molar refractivity (Wildman–Crippen MR) is 51.5 cm³/mol. The zero-order valence-electron chi connectivity index (χ0n) is 8.60. The van der Waals surface area contributed by atoms with Gasteiger partial charge in [-0.25, -0.2) is 0 Å². The zero-order valence-corrected chi connectivity index (χ0v) is 8.60. The molecule has 5 nitrogen and oxygen atoms in total. The molecule has 0 bridgehead atoms. The van der Waals surface area contributed by atoms with Gasteiger partial charge in [-0.3, -0.25) is 0 Å². The van der Waals surface area contributed by atoms with E-state index in [-0.39, 0.29) is 0 Å². The van der Waals surface area contributed by atoms with E-state index in [0.29, 0.717) is 11.7 Å². The van der Waals surface area contributed by atoms with Crippen molar-refractivity contribution in [2.24, 2.45) is 5.73 Å². The van der Waals surface area contributed by atoms with Gasteiger partial charge in [0.25, 0.3) is 0 Å². The predicted octanol–water partition coefficient (Wildman–Crippen LogP) is 0.793. The standard InChI is InChI=1S/C9H17N3O2/c1-3-4-5-7-11-9(14-12-7)8(10)6(2)13/h6,8,13H,3-5,10H2,1-2H3/t6-,8+/m1/s1. The molecule has 0 unspecified atom stereocenters. The molecule has 0 aliphatic heterocycles. The van der Waals surface area contributed by atoms with E-state index in [4.69, 9.17) is 10.3 Å². The van der Waals surface area contributed by atoms with Crippen molar-refractivity contribution in [1.82, 2.24) is 10.1 Å². The van der Waals surface area contributed by atoms with Crippen molar-refractivity contribution in [2.45, 2.75) is 45.3 Å². The minimum absolute atomic E-state index is 0.311. The van der Waals surface area contributed by atoms with E-state index >= 15 is 0 Å². The van der Waals surface area contributed by atoms with Gasteiger partial charge in [-0.05, 0) is 13.3 Å². The van der Waals surface area contributed by atoms with E-state index in [2.05, 4.69) is 17.1 Å². The Labute approximate surface area is 83.3 Å². The lowest BCUT2D eigenvalue weighted by Gasteiger charge is -2.08. The molecule has 3 N–H and O–H groups in total. The molecule has 1 aromatic heterocycles. The molecule has 0 aliphatic carbocycles. The molecule has 0 radical (unpaired) electrons. The Morgan fingerprint density at radius 3 is 2.86 bits per heavy atom. The molecule has 1 rings (SSSR count). The fourth-order valence-corrected chi connectivity index (χ4v) is 1.05. The smallest absolute Gasteiger partial charge is 0.246 e. The molecule has 0 spiro atoms. The second-order valence-electron chi connectivity index (χ2n) is 3.42. The molecule has 0 amide bonds. The van der Waals surface area contributed by atoms with Gasteiger partial charge in [0.05, 0.1) is 6.10 Å². The van der Waals surface area contributed by atoms with Crippen molar-refractivity contribution in [3.8, 4) is 0 Å². The summed E-state index contributed by atoms with van der Waals surface area (Å²) in [6.45, 7) is 3.70. The highest BCUT2D eigenvalue weighted by molar-refractivity contribution is 4.93. The van der Waals surface area contributed by atoms with Gasteiger partial charge in [-0.1, -0.05) is 18.5 Å². The van der Waals surface area contributed by atoms with E-state index in [1.807, 2.05) is 0 Å². The maximum absolute atomic E-state index is 9.21. The minimum atomic E-state index is -0.672. The number of aliphatic hydroxyl groups is 1. The minimum Gasteiger partial charge on any atom is -0.391 e. The van der Waals surface area contributed by atoms with Crippen LogP contribution in [0.25, 0.3) is 0 Å². The molecule has 14 heavy (non-hydrogen) atoms. The number of nitrogens with two attached hydrogens (primary N) is 1. The van der Waals surface area contributed by atoms with Crippen LogP contribution in [0.3, 0.4) is 0 Å². The number of aliphatic hydroxyl groups excluding tert-OH is 1. The lowest BCUT2D eigenvalue weighted by molar-refractivity contribution is 0.146. The molecule has 2 atom stereocenters. The highest BCUT2D eigenvalue weighted by atomic mass is 16.5. The van der Waals surface area contributed by atoms with Crippen molar-refractivity contribution in [3.05, 3.63) is 11.7 Å². The van der Waals surface area contributed by atoms with Gasteiger partial charge in [0.15, 0.2) is 5.82 Å². The van der Waals surface area contributed by atoms with Crippen LogP contribution in [0.4, 0.5) is 0 Å². The second-order valence-corrected chi connectivity index (χ2v) is 3.42. The summed E-state index contributed by atoms with van der Waals surface area (Å²) in [6, 6.07) is -0.585. The van der Waals surface area contributed by atoms with Gasteiger partial charge in [0.2, 0.25) is 5.89 Å². The lowest BCUT2D eigenvalue weighted by Crippen LogP contribution is -2.23. The molecule has 1 heterocycles. The number of hydrogen-bond acceptors (Lipinski definition) is 5. The van der Waals surface area contributed by atoms with Crippen molar-refractivity contribution in [2.75, 3.05) is 0 Å². The maximum Gasteiger partial charge on any atom is 0.246 e. The summed E-state index contributed by atoms with van der Waals surface area (Å²) >= 11 is 0. The van der Waals surface area contributed by atoms with E-state index in [0.717, 1.165) is 19.3 Å². The quantitative estimate of drug-likeness (QED) is 0.732. The van der Waals surface area contributed by atoms with Crippen LogP contribution in [-0.4, -0.2) is 21.4 Å². The van der Waals surface area contributed by atoms with Gasteiger partial charge >= 0.3 is 0 Å². The number of hydrogen-bond donors (Lipinski definition) is 2.